The Kier molecular flexibility index (Phi) is 3.93. The summed E-state index contributed by atoms with van der Waals surface area (Å²) in [6.07, 6.45) is 0. The molecule has 0 aliphatic carbocycles. The molecule has 0 aliphatic rings. The number of para-hydroxylation sites is 1. The molecule has 5 heteroatoms. The molecule has 18 heavy (non-hydrogen) atoms. The van der Waals surface area contributed by atoms with Gasteiger partial charge in [0.05, 0.1) is 12.3 Å². The first-order valence-electron chi connectivity index (χ1n) is 5.55. The molecule has 3 nitrogen and oxygen atoms in total. The zero-order chi connectivity index (χ0) is 13.1. The number of aromatic nitrogens is 1. The molecule has 0 radical (unpaired) electrons. The lowest BCUT2D eigenvalue weighted by molar-refractivity contribution is 0.251. The second kappa shape index (κ2) is 5.46. The van der Waals surface area contributed by atoms with Crippen molar-refractivity contribution in [2.24, 2.45) is 0 Å². The first-order valence-corrected chi connectivity index (χ1v) is 6.37. The van der Waals surface area contributed by atoms with E-state index in [1.54, 1.807) is 12.1 Å². The fourth-order valence-electron chi connectivity index (χ4n) is 1.57. The third kappa shape index (κ3) is 2.68. The lowest BCUT2D eigenvalue weighted by atomic mass is 10.2. The van der Waals surface area contributed by atoms with E-state index in [0.717, 1.165) is 15.6 Å². The highest BCUT2D eigenvalue weighted by Gasteiger charge is 2.11. The summed E-state index contributed by atoms with van der Waals surface area (Å²) in [5, 5.41) is 9.93. The third-order valence-corrected chi connectivity index (χ3v) is 3.68. The Morgan fingerprint density at radius 2 is 2.17 bits per heavy atom. The molecule has 0 saturated carbocycles. The van der Waals surface area contributed by atoms with E-state index >= 15 is 0 Å². The van der Waals surface area contributed by atoms with Gasteiger partial charge in [0.15, 0.2) is 11.6 Å². The van der Waals surface area contributed by atoms with Gasteiger partial charge in [0.2, 0.25) is 0 Å². The van der Waals surface area contributed by atoms with Crippen LogP contribution in [0.3, 0.4) is 0 Å². The minimum Gasteiger partial charge on any atom is -0.483 e. The van der Waals surface area contributed by atoms with Crippen LogP contribution in [0.5, 0.6) is 5.75 Å². The van der Waals surface area contributed by atoms with Gasteiger partial charge in [-0.1, -0.05) is 12.1 Å². The van der Waals surface area contributed by atoms with Crippen LogP contribution in [0.25, 0.3) is 0 Å². The van der Waals surface area contributed by atoms with Crippen LogP contribution in [0, 0.1) is 19.7 Å². The predicted octanol–water partition coefficient (Wildman–Crippen LogP) is 2.97. The Hall–Kier alpha value is -1.46. The van der Waals surface area contributed by atoms with E-state index in [9.17, 15) is 4.39 Å². The molecule has 0 unspecified atom stereocenters. The third-order valence-electron chi connectivity index (χ3n) is 2.63. The second-order valence-electron chi connectivity index (χ2n) is 3.92. The minimum atomic E-state index is -0.466. The first-order chi connectivity index (χ1) is 8.61. The standard InChI is InChI=1S/C13H14FNO2S/c1-8-9(2)18-12(15-8)7-17-13-10(6-16)4-3-5-11(13)14/h3-5,16H,6-7H2,1-2H3. The molecule has 2 rings (SSSR count). The molecule has 1 aromatic carbocycles. The molecular weight excluding hydrogens is 253 g/mol. The van der Waals surface area contributed by atoms with Crippen LogP contribution in [0.2, 0.25) is 0 Å². The topological polar surface area (TPSA) is 42.4 Å². The average molecular weight is 267 g/mol. The normalized spacial score (nSPS) is 10.7. The smallest absolute Gasteiger partial charge is 0.165 e. The highest BCUT2D eigenvalue weighted by atomic mass is 32.1. The van der Waals surface area contributed by atoms with Gasteiger partial charge in [0.1, 0.15) is 11.6 Å². The molecule has 1 N–H and O–H groups in total. The molecular formula is C13H14FNO2S. The number of hydrogen-bond acceptors (Lipinski definition) is 4. The Labute approximate surface area is 109 Å². The van der Waals surface area contributed by atoms with Crippen molar-refractivity contribution in [3.8, 4) is 5.75 Å². The maximum Gasteiger partial charge on any atom is 0.165 e. The average Bonchev–Trinajstić information content (AvgIpc) is 2.67. The largest absolute Gasteiger partial charge is 0.483 e. The number of ether oxygens (including phenoxy) is 1. The number of halogens is 1. The molecule has 0 bridgehead atoms. The Morgan fingerprint density at radius 1 is 1.39 bits per heavy atom. The van der Waals surface area contributed by atoms with E-state index in [-0.39, 0.29) is 19.0 Å². The van der Waals surface area contributed by atoms with Crippen LogP contribution >= 0.6 is 11.3 Å². The lowest BCUT2D eigenvalue weighted by Gasteiger charge is -2.09. The van der Waals surface area contributed by atoms with Crippen LogP contribution in [-0.2, 0) is 13.2 Å². The van der Waals surface area contributed by atoms with E-state index in [1.165, 1.54) is 17.4 Å². The van der Waals surface area contributed by atoms with Gasteiger partial charge in [0.25, 0.3) is 0 Å². The van der Waals surface area contributed by atoms with E-state index in [4.69, 9.17) is 9.84 Å². The van der Waals surface area contributed by atoms with Crippen LogP contribution in [0.15, 0.2) is 18.2 Å². The first kappa shape index (κ1) is 13.0. The number of aryl methyl sites for hydroxylation is 2. The molecule has 1 aromatic heterocycles. The fourth-order valence-corrected chi connectivity index (χ4v) is 2.42. The van der Waals surface area contributed by atoms with E-state index in [2.05, 4.69) is 4.98 Å². The maximum absolute atomic E-state index is 13.6. The minimum absolute atomic E-state index is 0.102. The van der Waals surface area contributed by atoms with Gasteiger partial charge in [-0.05, 0) is 19.9 Å². The van der Waals surface area contributed by atoms with Gasteiger partial charge in [-0.2, -0.15) is 0 Å². The number of aliphatic hydroxyl groups is 1. The number of benzene rings is 1. The quantitative estimate of drug-likeness (QED) is 0.926. The SMILES string of the molecule is Cc1nc(COc2c(F)cccc2CO)sc1C. The van der Waals surface area contributed by atoms with Gasteiger partial charge < -0.3 is 9.84 Å². The number of rotatable bonds is 4. The molecule has 0 atom stereocenters. The van der Waals surface area contributed by atoms with E-state index < -0.39 is 5.82 Å². The van der Waals surface area contributed by atoms with Crippen LogP contribution in [-0.4, -0.2) is 10.1 Å². The molecule has 0 saturated heterocycles. The van der Waals surface area contributed by atoms with Crippen molar-refractivity contribution < 1.29 is 14.2 Å². The van der Waals surface area contributed by atoms with Gasteiger partial charge in [-0.25, -0.2) is 9.37 Å². The number of nitrogens with zero attached hydrogens (tertiary/aromatic N) is 1. The summed E-state index contributed by atoms with van der Waals surface area (Å²) in [6, 6.07) is 4.50. The molecule has 1 heterocycles. The summed E-state index contributed by atoms with van der Waals surface area (Å²) in [7, 11) is 0. The fraction of sp³-hybridized carbons (Fsp3) is 0.308. The van der Waals surface area contributed by atoms with Crippen LogP contribution in [0.1, 0.15) is 21.1 Å². The highest BCUT2D eigenvalue weighted by Crippen LogP contribution is 2.25. The van der Waals surface area contributed by atoms with E-state index in [1.807, 2.05) is 13.8 Å². The molecule has 0 aliphatic heterocycles. The van der Waals surface area contributed by atoms with Crippen molar-refractivity contribution in [1.29, 1.82) is 0 Å². The summed E-state index contributed by atoms with van der Waals surface area (Å²) in [5.41, 5.74) is 1.41. The maximum atomic E-state index is 13.6. The number of thiazole rings is 1. The Bertz CT molecular complexity index is 534. The van der Waals surface area contributed by atoms with Crippen molar-refractivity contribution in [3.63, 3.8) is 0 Å². The zero-order valence-electron chi connectivity index (χ0n) is 10.2. The summed E-state index contributed by atoms with van der Waals surface area (Å²) in [6.45, 7) is 3.88. The molecule has 0 spiro atoms. The van der Waals surface area contributed by atoms with Crippen molar-refractivity contribution in [2.45, 2.75) is 27.1 Å². The zero-order valence-corrected chi connectivity index (χ0v) is 11.1. The van der Waals surface area contributed by atoms with Gasteiger partial charge in [-0.3, -0.25) is 0 Å². The van der Waals surface area contributed by atoms with Crippen LogP contribution in [0.4, 0.5) is 4.39 Å². The Morgan fingerprint density at radius 3 is 2.78 bits per heavy atom. The van der Waals surface area contributed by atoms with E-state index in [0.29, 0.717) is 5.56 Å². The second-order valence-corrected chi connectivity index (χ2v) is 5.21. The highest BCUT2D eigenvalue weighted by molar-refractivity contribution is 7.11. The molecule has 0 amide bonds. The summed E-state index contributed by atoms with van der Waals surface area (Å²) in [4.78, 5) is 5.45. The number of hydrogen-bond donors (Lipinski definition) is 1. The van der Waals surface area contributed by atoms with Crippen molar-refractivity contribution in [3.05, 3.63) is 45.2 Å². The number of aliphatic hydroxyl groups excluding tert-OH is 1. The summed E-state index contributed by atoms with van der Waals surface area (Å²) in [5.74, 6) is -0.364. The van der Waals surface area contributed by atoms with Gasteiger partial charge in [0, 0.05) is 10.4 Å². The van der Waals surface area contributed by atoms with Gasteiger partial charge >= 0.3 is 0 Å². The summed E-state index contributed by atoms with van der Waals surface area (Å²) >= 11 is 1.53. The monoisotopic (exact) mass is 267 g/mol. The van der Waals surface area contributed by atoms with Crippen molar-refractivity contribution in [2.75, 3.05) is 0 Å². The molecule has 2 aromatic rings. The van der Waals surface area contributed by atoms with Crippen molar-refractivity contribution >= 4 is 11.3 Å². The lowest BCUT2D eigenvalue weighted by Crippen LogP contribution is -2.01. The van der Waals surface area contributed by atoms with Crippen LogP contribution < -0.4 is 4.74 Å². The summed E-state index contributed by atoms with van der Waals surface area (Å²) < 4.78 is 19.0. The predicted molar refractivity (Wildman–Crippen MR) is 68.2 cm³/mol. The van der Waals surface area contributed by atoms with Crippen molar-refractivity contribution in [1.82, 2.24) is 4.98 Å². The molecule has 96 valence electrons. The molecule has 0 fully saturated rings. The van der Waals surface area contributed by atoms with Gasteiger partial charge in [-0.15, -0.1) is 11.3 Å². The Balaban J connectivity index is 2.15.